The summed E-state index contributed by atoms with van der Waals surface area (Å²) < 4.78 is 1.59. The third kappa shape index (κ3) is 2.59. The molecule has 0 bridgehead atoms. The first-order chi connectivity index (χ1) is 12.1. The Morgan fingerprint density at radius 3 is 2.76 bits per heavy atom. The predicted molar refractivity (Wildman–Crippen MR) is 101 cm³/mol. The van der Waals surface area contributed by atoms with E-state index in [-0.39, 0.29) is 5.56 Å². The fraction of sp³-hybridized carbons (Fsp3) is 0.0556. The van der Waals surface area contributed by atoms with E-state index in [2.05, 4.69) is 9.97 Å². The Kier molecular flexibility index (Phi) is 3.78. The molecule has 0 aliphatic rings. The van der Waals surface area contributed by atoms with E-state index in [1.165, 1.54) is 17.5 Å². The lowest BCUT2D eigenvalue weighted by molar-refractivity contribution is 0.889. The first-order valence-electron chi connectivity index (χ1n) is 7.51. The average molecular weight is 370 g/mol. The number of hydrogen-bond acceptors (Lipinski definition) is 4. The number of benzene rings is 1. The van der Waals surface area contributed by atoms with Crippen LogP contribution in [-0.2, 0) is 0 Å². The SMILES string of the molecule is Cc1ccncc1-n1c(=O)[nH]c2cc(-c3ccccc3Cl)sc2c1=O. The second-order valence-corrected chi connectivity index (χ2v) is 7.03. The molecule has 7 heteroatoms. The van der Waals surface area contributed by atoms with E-state index in [0.29, 0.717) is 20.9 Å². The van der Waals surface area contributed by atoms with Gasteiger partial charge in [-0.15, -0.1) is 11.3 Å². The average Bonchev–Trinajstić information content (AvgIpc) is 3.01. The largest absolute Gasteiger partial charge is 0.333 e. The molecule has 124 valence electrons. The molecule has 0 atom stereocenters. The minimum atomic E-state index is -0.489. The summed E-state index contributed by atoms with van der Waals surface area (Å²) in [5.41, 5.74) is 1.76. The van der Waals surface area contributed by atoms with Gasteiger partial charge in [0.05, 0.1) is 17.4 Å². The molecule has 0 aliphatic carbocycles. The first-order valence-corrected chi connectivity index (χ1v) is 8.70. The van der Waals surface area contributed by atoms with Gasteiger partial charge in [-0.2, -0.15) is 0 Å². The smallest absolute Gasteiger partial charge is 0.306 e. The zero-order chi connectivity index (χ0) is 17.6. The molecule has 0 fully saturated rings. The van der Waals surface area contributed by atoms with E-state index >= 15 is 0 Å². The molecule has 3 aromatic heterocycles. The molecule has 4 aromatic rings. The number of fused-ring (bicyclic) bond motifs is 1. The molecule has 0 saturated carbocycles. The van der Waals surface area contributed by atoms with E-state index < -0.39 is 5.69 Å². The van der Waals surface area contributed by atoms with Gasteiger partial charge in [0, 0.05) is 21.7 Å². The number of aromatic amines is 1. The zero-order valence-corrected chi connectivity index (χ0v) is 14.7. The molecule has 0 spiro atoms. The fourth-order valence-corrected chi connectivity index (χ4v) is 4.09. The number of halogens is 1. The van der Waals surface area contributed by atoms with Crippen LogP contribution in [0.25, 0.3) is 26.3 Å². The molecule has 0 radical (unpaired) electrons. The Hall–Kier alpha value is -2.70. The molecule has 0 aliphatic heterocycles. The van der Waals surface area contributed by atoms with Crippen LogP contribution in [-0.4, -0.2) is 14.5 Å². The van der Waals surface area contributed by atoms with E-state index in [1.807, 2.05) is 25.1 Å². The van der Waals surface area contributed by atoms with Gasteiger partial charge in [-0.3, -0.25) is 9.78 Å². The number of thiophene rings is 1. The van der Waals surface area contributed by atoms with Crippen molar-refractivity contribution in [2.24, 2.45) is 0 Å². The van der Waals surface area contributed by atoms with Crippen molar-refractivity contribution in [3.8, 4) is 16.1 Å². The summed E-state index contributed by atoms with van der Waals surface area (Å²) >= 11 is 7.55. The molecular weight excluding hydrogens is 358 g/mol. The Labute approximate surface area is 151 Å². The fourth-order valence-electron chi connectivity index (χ4n) is 2.71. The van der Waals surface area contributed by atoms with Gasteiger partial charge in [0.2, 0.25) is 0 Å². The van der Waals surface area contributed by atoms with Crippen LogP contribution in [0.5, 0.6) is 0 Å². The standard InChI is InChI=1S/C18H12ClN3O2S/c1-10-6-7-20-9-14(10)22-17(23)16-13(21-18(22)24)8-15(25-16)11-4-2-3-5-12(11)19/h2-9H,1H3,(H,21,24). The lowest BCUT2D eigenvalue weighted by Gasteiger charge is -2.06. The molecule has 0 amide bonds. The Balaban J connectivity index is 2.01. The van der Waals surface area contributed by atoms with Gasteiger partial charge in [-0.05, 0) is 30.7 Å². The van der Waals surface area contributed by atoms with Gasteiger partial charge in [0.1, 0.15) is 4.70 Å². The van der Waals surface area contributed by atoms with Crippen molar-refractivity contribution in [2.75, 3.05) is 0 Å². The second kappa shape index (κ2) is 5.98. The summed E-state index contributed by atoms with van der Waals surface area (Å²) in [5.74, 6) is 0. The molecule has 1 N–H and O–H groups in total. The minimum Gasteiger partial charge on any atom is -0.306 e. The molecular formula is C18H12ClN3O2S. The van der Waals surface area contributed by atoms with Crippen LogP contribution in [0.2, 0.25) is 5.02 Å². The Morgan fingerprint density at radius 2 is 2.00 bits per heavy atom. The third-order valence-electron chi connectivity index (χ3n) is 3.97. The number of H-pyrrole nitrogens is 1. The third-order valence-corrected chi connectivity index (χ3v) is 5.45. The maximum Gasteiger partial charge on any atom is 0.333 e. The predicted octanol–water partition coefficient (Wildman–Crippen LogP) is 3.76. The molecule has 1 aromatic carbocycles. The Morgan fingerprint density at radius 1 is 1.20 bits per heavy atom. The van der Waals surface area contributed by atoms with Gasteiger partial charge in [0.15, 0.2) is 0 Å². The minimum absolute atomic E-state index is 0.363. The molecule has 0 unspecified atom stereocenters. The van der Waals surface area contributed by atoms with Gasteiger partial charge < -0.3 is 4.98 Å². The number of aryl methyl sites for hydroxylation is 1. The maximum atomic E-state index is 12.9. The van der Waals surface area contributed by atoms with Crippen LogP contribution in [0.15, 0.2) is 58.4 Å². The van der Waals surface area contributed by atoms with Crippen molar-refractivity contribution in [3.63, 3.8) is 0 Å². The van der Waals surface area contributed by atoms with E-state index in [9.17, 15) is 9.59 Å². The summed E-state index contributed by atoms with van der Waals surface area (Å²) in [5, 5.41) is 0.597. The van der Waals surface area contributed by atoms with Crippen LogP contribution in [0.3, 0.4) is 0 Å². The topological polar surface area (TPSA) is 67.8 Å². The number of rotatable bonds is 2. The van der Waals surface area contributed by atoms with E-state index in [4.69, 9.17) is 11.6 Å². The highest BCUT2D eigenvalue weighted by molar-refractivity contribution is 7.22. The highest BCUT2D eigenvalue weighted by atomic mass is 35.5. The van der Waals surface area contributed by atoms with Gasteiger partial charge in [-0.25, -0.2) is 9.36 Å². The number of hydrogen-bond donors (Lipinski definition) is 1. The van der Waals surface area contributed by atoms with Gasteiger partial charge in [0.25, 0.3) is 5.56 Å². The quantitative estimate of drug-likeness (QED) is 0.585. The summed E-state index contributed by atoms with van der Waals surface area (Å²) in [6.45, 7) is 1.83. The molecule has 25 heavy (non-hydrogen) atoms. The number of aromatic nitrogens is 3. The molecule has 0 saturated heterocycles. The van der Waals surface area contributed by atoms with Crippen molar-refractivity contribution < 1.29 is 0 Å². The van der Waals surface area contributed by atoms with Crippen LogP contribution in [0.4, 0.5) is 0 Å². The van der Waals surface area contributed by atoms with E-state index in [1.54, 1.807) is 24.4 Å². The number of pyridine rings is 1. The van der Waals surface area contributed by atoms with Crippen molar-refractivity contribution in [2.45, 2.75) is 6.92 Å². The van der Waals surface area contributed by atoms with Gasteiger partial charge >= 0.3 is 5.69 Å². The number of nitrogens with zero attached hydrogens (tertiary/aromatic N) is 2. The van der Waals surface area contributed by atoms with Crippen LogP contribution >= 0.6 is 22.9 Å². The summed E-state index contributed by atoms with van der Waals surface area (Å²) in [6.07, 6.45) is 3.14. The first kappa shape index (κ1) is 15.8. The Bertz CT molecular complexity index is 1220. The maximum absolute atomic E-state index is 12.9. The lowest BCUT2D eigenvalue weighted by atomic mass is 10.2. The lowest BCUT2D eigenvalue weighted by Crippen LogP contribution is -2.33. The second-order valence-electron chi connectivity index (χ2n) is 5.57. The summed E-state index contributed by atoms with van der Waals surface area (Å²) in [4.78, 5) is 33.0. The number of nitrogens with one attached hydrogen (secondary N) is 1. The monoisotopic (exact) mass is 369 g/mol. The van der Waals surface area contributed by atoms with E-state index in [0.717, 1.165) is 20.6 Å². The van der Waals surface area contributed by atoms with Gasteiger partial charge in [-0.1, -0.05) is 29.8 Å². The summed E-state index contributed by atoms with van der Waals surface area (Å²) in [7, 11) is 0. The highest BCUT2D eigenvalue weighted by Gasteiger charge is 2.15. The highest BCUT2D eigenvalue weighted by Crippen LogP contribution is 2.34. The normalized spacial score (nSPS) is 11.1. The zero-order valence-electron chi connectivity index (χ0n) is 13.1. The van der Waals surface area contributed by atoms with Crippen molar-refractivity contribution in [1.82, 2.24) is 14.5 Å². The van der Waals surface area contributed by atoms with Crippen LogP contribution in [0, 0.1) is 6.92 Å². The molecule has 5 nitrogen and oxygen atoms in total. The van der Waals surface area contributed by atoms with Crippen LogP contribution in [0.1, 0.15) is 5.56 Å². The van der Waals surface area contributed by atoms with Crippen molar-refractivity contribution in [3.05, 3.63) is 80.2 Å². The molecule has 4 rings (SSSR count). The van der Waals surface area contributed by atoms with Crippen molar-refractivity contribution >= 4 is 33.2 Å². The van der Waals surface area contributed by atoms with Crippen molar-refractivity contribution in [1.29, 1.82) is 0 Å². The van der Waals surface area contributed by atoms with Crippen LogP contribution < -0.4 is 11.2 Å². The summed E-state index contributed by atoms with van der Waals surface area (Å²) in [6, 6.07) is 10.9. The molecule has 3 heterocycles.